The van der Waals surface area contributed by atoms with Gasteiger partial charge in [0.25, 0.3) is 11.8 Å². The highest BCUT2D eigenvalue weighted by Gasteiger charge is 2.38. The van der Waals surface area contributed by atoms with Crippen LogP contribution >= 0.6 is 0 Å². The van der Waals surface area contributed by atoms with Crippen molar-refractivity contribution in [2.75, 3.05) is 26.3 Å². The highest BCUT2D eigenvalue weighted by molar-refractivity contribution is 5.95. The second kappa shape index (κ2) is 11.9. The number of amides is 3. The molecule has 3 N–H and O–H groups in total. The van der Waals surface area contributed by atoms with Crippen LogP contribution in [0.15, 0.2) is 54.9 Å². The molecule has 4 heterocycles. The zero-order valence-electron chi connectivity index (χ0n) is 22.6. The Morgan fingerprint density at radius 3 is 2.71 bits per heavy atom. The monoisotopic (exact) mass is 559 g/mol. The number of ether oxygens (including phenoxy) is 3. The molecule has 4 bridgehead atoms. The van der Waals surface area contributed by atoms with E-state index >= 15 is 0 Å². The number of fused-ring (bicyclic) bond motifs is 7. The van der Waals surface area contributed by atoms with Crippen molar-refractivity contribution in [2.45, 2.75) is 44.4 Å². The van der Waals surface area contributed by atoms with E-state index in [1.807, 2.05) is 24.3 Å². The second-order valence-electron chi connectivity index (χ2n) is 10.8. The number of nitrogens with one attached hydrogen (secondary N) is 3. The molecule has 0 spiro atoms. The number of rotatable bonds is 6. The molecular formula is C30H33N5O6. The first-order chi connectivity index (χ1) is 20.0. The summed E-state index contributed by atoms with van der Waals surface area (Å²) in [5, 5.41) is 12.6. The Kier molecular flexibility index (Phi) is 7.75. The Morgan fingerprint density at radius 2 is 1.93 bits per heavy atom. The standard InChI is InChI=1S/C30H33N5O6/c36-28-18-40-25-10-22(9-24(11-25)39-17-20-1-2-20)30(38)34-26-15-35(29(37)8-5-21-13-32-33-14-21)16-27(26)41-23-6-3-19(4-7-23)12-31-28/h3-4,6-7,9-11,13-14,20,26-27H,1-2,5,8,12,15-18H2,(H,31,36)(H,32,33)(H,34,38)/t26-,27-/m0/s1. The van der Waals surface area contributed by atoms with Crippen LogP contribution in [0.25, 0.3) is 0 Å². The van der Waals surface area contributed by atoms with E-state index in [4.69, 9.17) is 14.2 Å². The maximum Gasteiger partial charge on any atom is 0.258 e. The summed E-state index contributed by atoms with van der Waals surface area (Å²) in [6.07, 6.45) is 6.19. The van der Waals surface area contributed by atoms with E-state index in [2.05, 4.69) is 20.8 Å². The lowest BCUT2D eigenvalue weighted by molar-refractivity contribution is -0.130. The third kappa shape index (κ3) is 6.97. The van der Waals surface area contributed by atoms with Crippen LogP contribution in [-0.2, 0) is 22.6 Å². The summed E-state index contributed by atoms with van der Waals surface area (Å²) >= 11 is 0. The highest BCUT2D eigenvalue weighted by atomic mass is 16.5. The number of hydrogen-bond donors (Lipinski definition) is 3. The number of aromatic amines is 1. The van der Waals surface area contributed by atoms with Gasteiger partial charge in [-0.2, -0.15) is 5.10 Å². The predicted octanol–water partition coefficient (Wildman–Crippen LogP) is 2.23. The second-order valence-corrected chi connectivity index (χ2v) is 10.8. The Bertz CT molecular complexity index is 1390. The normalized spacial score (nSPS) is 20.7. The molecule has 3 aromatic rings. The van der Waals surface area contributed by atoms with Crippen molar-refractivity contribution < 1.29 is 28.6 Å². The maximum atomic E-state index is 13.5. The largest absolute Gasteiger partial charge is 0.493 e. The molecule has 1 aromatic heterocycles. The van der Waals surface area contributed by atoms with Gasteiger partial charge in [-0.3, -0.25) is 19.5 Å². The van der Waals surface area contributed by atoms with E-state index in [1.165, 1.54) is 0 Å². The number of carbonyl (C=O) groups is 3. The van der Waals surface area contributed by atoms with Crippen molar-refractivity contribution in [1.82, 2.24) is 25.7 Å². The fraction of sp³-hybridized carbons (Fsp3) is 0.400. The molecule has 2 fully saturated rings. The van der Waals surface area contributed by atoms with Gasteiger partial charge in [0.2, 0.25) is 5.91 Å². The lowest BCUT2D eigenvalue weighted by Crippen LogP contribution is -2.45. The van der Waals surface area contributed by atoms with Crippen LogP contribution in [0.2, 0.25) is 0 Å². The molecule has 7 rings (SSSR count). The fourth-order valence-corrected chi connectivity index (χ4v) is 4.94. The molecule has 4 aliphatic rings. The first kappa shape index (κ1) is 26.7. The van der Waals surface area contributed by atoms with E-state index in [0.29, 0.717) is 67.8 Å². The summed E-state index contributed by atoms with van der Waals surface area (Å²) < 4.78 is 18.0. The van der Waals surface area contributed by atoms with Gasteiger partial charge < -0.3 is 29.7 Å². The quantitative estimate of drug-likeness (QED) is 0.422. The third-order valence-corrected chi connectivity index (χ3v) is 7.51. The van der Waals surface area contributed by atoms with Gasteiger partial charge in [0.1, 0.15) is 23.4 Å². The van der Waals surface area contributed by atoms with Crippen LogP contribution in [-0.4, -0.2) is 71.3 Å². The van der Waals surface area contributed by atoms with Gasteiger partial charge in [-0.1, -0.05) is 12.1 Å². The van der Waals surface area contributed by atoms with Crippen molar-refractivity contribution >= 4 is 17.7 Å². The number of H-pyrrole nitrogens is 1. The number of nitrogens with zero attached hydrogens (tertiary/aromatic N) is 2. The smallest absolute Gasteiger partial charge is 0.258 e. The predicted molar refractivity (Wildman–Crippen MR) is 148 cm³/mol. The van der Waals surface area contributed by atoms with Crippen molar-refractivity contribution in [2.24, 2.45) is 5.92 Å². The zero-order valence-corrected chi connectivity index (χ0v) is 22.6. The number of hydrogen-bond acceptors (Lipinski definition) is 7. The van der Waals surface area contributed by atoms with Crippen molar-refractivity contribution in [1.29, 1.82) is 0 Å². The van der Waals surface area contributed by atoms with Crippen LogP contribution in [0.3, 0.4) is 0 Å². The molecule has 41 heavy (non-hydrogen) atoms. The maximum absolute atomic E-state index is 13.5. The first-order valence-electron chi connectivity index (χ1n) is 14.0. The summed E-state index contributed by atoms with van der Waals surface area (Å²) in [6.45, 7) is 1.36. The van der Waals surface area contributed by atoms with E-state index in [0.717, 1.165) is 24.0 Å². The van der Waals surface area contributed by atoms with Gasteiger partial charge in [0, 0.05) is 37.3 Å². The van der Waals surface area contributed by atoms with E-state index in [9.17, 15) is 14.4 Å². The average molecular weight is 560 g/mol. The first-order valence-corrected chi connectivity index (χ1v) is 14.0. The van der Waals surface area contributed by atoms with Crippen molar-refractivity contribution in [3.05, 3.63) is 71.5 Å². The number of likely N-dealkylation sites (tertiary alicyclic amines) is 1. The molecule has 11 heteroatoms. The summed E-state index contributed by atoms with van der Waals surface area (Å²) in [4.78, 5) is 40.8. The SMILES string of the molecule is O=C1COc2cc(OCC3CC3)cc(c2)C(=O)N[C@H]2CN(C(=O)CCc3cn[nH]c3)C[C@@H]2Oc2ccc(cc2)CN1. The van der Waals surface area contributed by atoms with Gasteiger partial charge in [0.05, 0.1) is 25.4 Å². The molecule has 1 saturated heterocycles. The molecule has 1 aliphatic carbocycles. The molecular weight excluding hydrogens is 526 g/mol. The average Bonchev–Trinajstić information content (AvgIpc) is 3.51. The Balaban J connectivity index is 1.24. The Morgan fingerprint density at radius 1 is 1.07 bits per heavy atom. The lowest BCUT2D eigenvalue weighted by atomic mass is 10.1. The molecule has 2 atom stereocenters. The van der Waals surface area contributed by atoms with Crippen LogP contribution in [0.5, 0.6) is 17.2 Å². The van der Waals surface area contributed by atoms with Gasteiger partial charge in [-0.05, 0) is 60.6 Å². The van der Waals surface area contributed by atoms with Crippen LogP contribution in [0, 0.1) is 5.92 Å². The molecule has 0 radical (unpaired) electrons. The Labute approximate surface area is 237 Å². The summed E-state index contributed by atoms with van der Waals surface area (Å²) in [7, 11) is 0. The van der Waals surface area contributed by atoms with E-state index < -0.39 is 12.1 Å². The zero-order chi connectivity index (χ0) is 28.2. The molecule has 3 amide bonds. The van der Waals surface area contributed by atoms with Crippen molar-refractivity contribution in [3.8, 4) is 17.2 Å². The topological polar surface area (TPSA) is 135 Å². The van der Waals surface area contributed by atoms with Crippen LogP contribution in [0.1, 0.15) is 40.7 Å². The third-order valence-electron chi connectivity index (χ3n) is 7.51. The highest BCUT2D eigenvalue weighted by Crippen LogP contribution is 2.31. The summed E-state index contributed by atoms with van der Waals surface area (Å²) in [6, 6.07) is 11.9. The van der Waals surface area contributed by atoms with Gasteiger partial charge in [-0.15, -0.1) is 0 Å². The molecule has 214 valence electrons. The minimum atomic E-state index is -0.455. The van der Waals surface area contributed by atoms with Crippen LogP contribution < -0.4 is 24.8 Å². The molecule has 1 saturated carbocycles. The van der Waals surface area contributed by atoms with E-state index in [-0.39, 0.29) is 24.3 Å². The summed E-state index contributed by atoms with van der Waals surface area (Å²) in [5.41, 5.74) is 2.20. The Hall–Kier alpha value is -4.54. The van der Waals surface area contributed by atoms with Crippen molar-refractivity contribution in [3.63, 3.8) is 0 Å². The van der Waals surface area contributed by atoms with Gasteiger partial charge in [0.15, 0.2) is 6.61 Å². The summed E-state index contributed by atoms with van der Waals surface area (Å²) in [5.74, 6) is 1.36. The number of aromatic nitrogens is 2. The lowest BCUT2D eigenvalue weighted by Gasteiger charge is -2.21. The minimum Gasteiger partial charge on any atom is -0.493 e. The fourth-order valence-electron chi connectivity index (χ4n) is 4.94. The van der Waals surface area contributed by atoms with E-state index in [1.54, 1.807) is 35.5 Å². The molecule has 11 nitrogen and oxygen atoms in total. The van der Waals surface area contributed by atoms with Gasteiger partial charge >= 0.3 is 0 Å². The van der Waals surface area contributed by atoms with Gasteiger partial charge in [-0.25, -0.2) is 0 Å². The number of carbonyl (C=O) groups excluding carboxylic acids is 3. The molecule has 2 aromatic carbocycles. The number of benzene rings is 2. The molecule has 0 unspecified atom stereocenters. The number of aryl methyl sites for hydroxylation is 1. The van der Waals surface area contributed by atoms with Crippen LogP contribution in [0.4, 0.5) is 0 Å². The molecule has 3 aliphatic heterocycles. The minimum absolute atomic E-state index is 0.0176.